The molecule has 0 aromatic rings. The standard InChI is InChI=1S/C15H26/c1-4-5-6-7-8-9-10-15-12-11-13(2)14(15)3/h9-10,14-15H,2,4-8,11-12H2,1,3H3/b10-9+/t14?,15-/m0/s1. The second-order valence-corrected chi connectivity index (χ2v) is 4.93. The van der Waals surface area contributed by atoms with E-state index in [0.29, 0.717) is 0 Å². The van der Waals surface area contributed by atoms with Crippen LogP contribution in [0.5, 0.6) is 0 Å². The van der Waals surface area contributed by atoms with Crippen molar-refractivity contribution in [3.05, 3.63) is 24.3 Å². The molecule has 86 valence electrons. The number of unbranched alkanes of at least 4 members (excludes halogenated alkanes) is 4. The van der Waals surface area contributed by atoms with Gasteiger partial charge in [0, 0.05) is 0 Å². The fourth-order valence-corrected chi connectivity index (χ4v) is 2.36. The molecule has 0 N–H and O–H groups in total. The molecular formula is C15H26. The Bertz CT molecular complexity index is 212. The Morgan fingerprint density at radius 2 is 2.13 bits per heavy atom. The maximum atomic E-state index is 4.12. The van der Waals surface area contributed by atoms with E-state index < -0.39 is 0 Å². The SMILES string of the molecule is C=C1CC[C@H](/C=C/CCCCCC)C1C. The molecule has 0 spiro atoms. The van der Waals surface area contributed by atoms with Gasteiger partial charge in [0.25, 0.3) is 0 Å². The fourth-order valence-electron chi connectivity index (χ4n) is 2.36. The van der Waals surface area contributed by atoms with Gasteiger partial charge >= 0.3 is 0 Å². The Hall–Kier alpha value is -0.520. The van der Waals surface area contributed by atoms with Gasteiger partial charge in [-0.2, -0.15) is 0 Å². The molecule has 0 heterocycles. The molecule has 1 unspecified atom stereocenters. The molecule has 1 rings (SSSR count). The van der Waals surface area contributed by atoms with Crippen molar-refractivity contribution in [2.24, 2.45) is 11.8 Å². The third-order valence-electron chi connectivity index (χ3n) is 3.69. The lowest BCUT2D eigenvalue weighted by atomic mass is 9.95. The van der Waals surface area contributed by atoms with Gasteiger partial charge in [-0.25, -0.2) is 0 Å². The van der Waals surface area contributed by atoms with Crippen LogP contribution in [0.25, 0.3) is 0 Å². The van der Waals surface area contributed by atoms with Gasteiger partial charge in [-0.1, -0.05) is 57.4 Å². The molecule has 1 aliphatic carbocycles. The average Bonchev–Trinajstić information content (AvgIpc) is 2.54. The number of hydrogen-bond acceptors (Lipinski definition) is 0. The number of rotatable bonds is 6. The second-order valence-electron chi connectivity index (χ2n) is 4.93. The van der Waals surface area contributed by atoms with Crippen LogP contribution >= 0.6 is 0 Å². The fraction of sp³-hybridized carbons (Fsp3) is 0.733. The number of hydrogen-bond donors (Lipinski definition) is 0. The van der Waals surface area contributed by atoms with Crippen molar-refractivity contribution in [1.29, 1.82) is 0 Å². The van der Waals surface area contributed by atoms with Crippen LogP contribution in [0.1, 0.15) is 58.8 Å². The van der Waals surface area contributed by atoms with Gasteiger partial charge in [0.05, 0.1) is 0 Å². The molecule has 0 aliphatic heterocycles. The predicted molar refractivity (Wildman–Crippen MR) is 68.9 cm³/mol. The van der Waals surface area contributed by atoms with Crippen LogP contribution < -0.4 is 0 Å². The summed E-state index contributed by atoms with van der Waals surface area (Å²) in [6.07, 6.45) is 14.2. The molecule has 0 saturated heterocycles. The lowest BCUT2D eigenvalue weighted by Crippen LogP contribution is -2.00. The van der Waals surface area contributed by atoms with Crippen molar-refractivity contribution in [2.75, 3.05) is 0 Å². The van der Waals surface area contributed by atoms with Gasteiger partial charge in [-0.05, 0) is 37.5 Å². The van der Waals surface area contributed by atoms with Crippen molar-refractivity contribution >= 4 is 0 Å². The summed E-state index contributed by atoms with van der Waals surface area (Å²) in [6.45, 7) is 8.71. The smallest absolute Gasteiger partial charge is 0.0168 e. The highest BCUT2D eigenvalue weighted by molar-refractivity contribution is 5.12. The normalized spacial score (nSPS) is 26.7. The summed E-state index contributed by atoms with van der Waals surface area (Å²) in [6, 6.07) is 0. The summed E-state index contributed by atoms with van der Waals surface area (Å²) in [5.74, 6) is 1.50. The molecule has 0 bridgehead atoms. The van der Waals surface area contributed by atoms with Gasteiger partial charge in [0.2, 0.25) is 0 Å². The van der Waals surface area contributed by atoms with Crippen molar-refractivity contribution in [1.82, 2.24) is 0 Å². The first kappa shape index (κ1) is 12.5. The van der Waals surface area contributed by atoms with Crippen molar-refractivity contribution in [2.45, 2.75) is 58.8 Å². The molecule has 0 aromatic heterocycles. The average molecular weight is 206 g/mol. The molecule has 1 saturated carbocycles. The van der Waals surface area contributed by atoms with E-state index in [1.54, 1.807) is 0 Å². The Labute approximate surface area is 95.5 Å². The topological polar surface area (TPSA) is 0 Å². The molecule has 0 heteroatoms. The van der Waals surface area contributed by atoms with Gasteiger partial charge < -0.3 is 0 Å². The van der Waals surface area contributed by atoms with E-state index in [-0.39, 0.29) is 0 Å². The summed E-state index contributed by atoms with van der Waals surface area (Å²) in [4.78, 5) is 0. The summed E-state index contributed by atoms with van der Waals surface area (Å²) >= 11 is 0. The summed E-state index contributed by atoms with van der Waals surface area (Å²) < 4.78 is 0. The first-order chi connectivity index (χ1) is 7.25. The Kier molecular flexibility index (Phi) is 5.75. The molecule has 15 heavy (non-hydrogen) atoms. The zero-order chi connectivity index (χ0) is 11.1. The summed E-state index contributed by atoms with van der Waals surface area (Å²) in [5.41, 5.74) is 1.45. The van der Waals surface area contributed by atoms with Crippen LogP contribution in [0.2, 0.25) is 0 Å². The third kappa shape index (κ3) is 4.24. The molecule has 2 atom stereocenters. The van der Waals surface area contributed by atoms with E-state index in [4.69, 9.17) is 0 Å². The van der Waals surface area contributed by atoms with Crippen molar-refractivity contribution in [3.8, 4) is 0 Å². The predicted octanol–water partition coefficient (Wildman–Crippen LogP) is 5.12. The minimum Gasteiger partial charge on any atom is -0.0996 e. The van der Waals surface area contributed by atoms with E-state index in [1.807, 2.05) is 0 Å². The minimum absolute atomic E-state index is 0.719. The zero-order valence-corrected chi connectivity index (χ0v) is 10.5. The Balaban J connectivity index is 2.12. The van der Waals surface area contributed by atoms with Crippen molar-refractivity contribution < 1.29 is 0 Å². The number of allylic oxidation sites excluding steroid dienone is 3. The Morgan fingerprint density at radius 3 is 2.73 bits per heavy atom. The molecular weight excluding hydrogens is 180 g/mol. The first-order valence-electron chi connectivity index (χ1n) is 6.60. The maximum Gasteiger partial charge on any atom is -0.0168 e. The van der Waals surface area contributed by atoms with Crippen LogP contribution in [-0.4, -0.2) is 0 Å². The minimum atomic E-state index is 0.719. The lowest BCUT2D eigenvalue weighted by molar-refractivity contribution is 0.547. The van der Waals surface area contributed by atoms with Gasteiger partial charge in [0.1, 0.15) is 0 Å². The van der Waals surface area contributed by atoms with Crippen molar-refractivity contribution in [3.63, 3.8) is 0 Å². The van der Waals surface area contributed by atoms with Crippen LogP contribution in [0.15, 0.2) is 24.3 Å². The molecule has 0 aromatic carbocycles. The Morgan fingerprint density at radius 1 is 1.33 bits per heavy atom. The van der Waals surface area contributed by atoms with E-state index >= 15 is 0 Å². The highest BCUT2D eigenvalue weighted by Crippen LogP contribution is 2.35. The maximum absolute atomic E-state index is 4.12. The lowest BCUT2D eigenvalue weighted by Gasteiger charge is -2.10. The monoisotopic (exact) mass is 206 g/mol. The second kappa shape index (κ2) is 6.87. The van der Waals surface area contributed by atoms with Crippen LogP contribution in [0, 0.1) is 11.8 Å². The van der Waals surface area contributed by atoms with E-state index in [9.17, 15) is 0 Å². The zero-order valence-electron chi connectivity index (χ0n) is 10.5. The van der Waals surface area contributed by atoms with Crippen LogP contribution in [0.3, 0.4) is 0 Å². The highest BCUT2D eigenvalue weighted by atomic mass is 14.3. The van der Waals surface area contributed by atoms with Crippen LogP contribution in [0.4, 0.5) is 0 Å². The van der Waals surface area contributed by atoms with E-state index in [1.165, 1.54) is 50.5 Å². The van der Waals surface area contributed by atoms with Gasteiger partial charge in [-0.3, -0.25) is 0 Å². The highest BCUT2D eigenvalue weighted by Gasteiger charge is 2.23. The molecule has 0 nitrogen and oxygen atoms in total. The molecule has 1 fully saturated rings. The van der Waals surface area contributed by atoms with Gasteiger partial charge in [0.15, 0.2) is 0 Å². The van der Waals surface area contributed by atoms with E-state index in [2.05, 4.69) is 32.6 Å². The quantitative estimate of drug-likeness (QED) is 0.418. The summed E-state index contributed by atoms with van der Waals surface area (Å²) in [5, 5.41) is 0. The third-order valence-corrected chi connectivity index (χ3v) is 3.69. The molecule has 1 aliphatic rings. The van der Waals surface area contributed by atoms with Gasteiger partial charge in [-0.15, -0.1) is 0 Å². The largest absolute Gasteiger partial charge is 0.0996 e. The summed E-state index contributed by atoms with van der Waals surface area (Å²) in [7, 11) is 0. The van der Waals surface area contributed by atoms with Crippen LogP contribution in [-0.2, 0) is 0 Å². The first-order valence-corrected chi connectivity index (χ1v) is 6.60. The molecule has 0 radical (unpaired) electrons. The van der Waals surface area contributed by atoms with E-state index in [0.717, 1.165) is 11.8 Å². The molecule has 0 amide bonds.